The van der Waals surface area contributed by atoms with E-state index in [4.69, 9.17) is 5.21 Å². The van der Waals surface area contributed by atoms with Crippen molar-refractivity contribution in [3.05, 3.63) is 41.5 Å². The molecule has 1 N–H and O–H groups in total. The maximum Gasteiger partial charge on any atom is 0.269 e. The molecule has 0 saturated carbocycles. The zero-order valence-electron chi connectivity index (χ0n) is 10.4. The highest BCUT2D eigenvalue weighted by Crippen LogP contribution is 2.13. The van der Waals surface area contributed by atoms with E-state index in [1.54, 1.807) is 6.08 Å². The van der Waals surface area contributed by atoms with E-state index in [1.807, 2.05) is 18.2 Å². The molecule has 0 saturated heterocycles. The van der Waals surface area contributed by atoms with Crippen molar-refractivity contribution in [2.45, 2.75) is 26.2 Å². The largest absolute Gasteiger partial charge is 0.286 e. The number of amides is 1. The van der Waals surface area contributed by atoms with E-state index < -0.39 is 5.91 Å². The van der Waals surface area contributed by atoms with Crippen molar-refractivity contribution in [3.63, 3.8) is 0 Å². The molecule has 0 bridgehead atoms. The number of carbonyl (C=O) groups excluding carboxylic acids is 1. The van der Waals surface area contributed by atoms with Crippen LogP contribution in [0.3, 0.4) is 0 Å². The molecule has 0 aliphatic rings. The lowest BCUT2D eigenvalue weighted by atomic mass is 10.0. The molecule has 0 spiro atoms. The van der Waals surface area contributed by atoms with Crippen LogP contribution in [0, 0.1) is 0 Å². The van der Waals surface area contributed by atoms with E-state index in [9.17, 15) is 4.79 Å². The van der Waals surface area contributed by atoms with Gasteiger partial charge in [-0.3, -0.25) is 10.0 Å². The molecule has 0 fully saturated rings. The number of carbonyl (C=O) groups is 1. The smallest absolute Gasteiger partial charge is 0.269 e. The van der Waals surface area contributed by atoms with Crippen LogP contribution in [0.5, 0.6) is 0 Å². The van der Waals surface area contributed by atoms with Gasteiger partial charge in [-0.1, -0.05) is 37.6 Å². The molecule has 1 aromatic rings. The highest BCUT2D eigenvalue weighted by Gasteiger charge is 2.01. The minimum atomic E-state index is -0.421. The van der Waals surface area contributed by atoms with E-state index in [0.717, 1.165) is 24.8 Å². The van der Waals surface area contributed by atoms with Crippen LogP contribution in [0.4, 0.5) is 0 Å². The molecule has 92 valence electrons. The monoisotopic (exact) mass is 233 g/mol. The summed E-state index contributed by atoms with van der Waals surface area (Å²) in [7, 11) is 1.32. The van der Waals surface area contributed by atoms with Crippen molar-refractivity contribution in [2.24, 2.45) is 0 Å². The maximum atomic E-state index is 11.2. The summed E-state index contributed by atoms with van der Waals surface area (Å²) < 4.78 is 0. The average molecular weight is 233 g/mol. The van der Waals surface area contributed by atoms with Crippen LogP contribution in [0.15, 0.2) is 30.3 Å². The number of aryl methyl sites for hydroxylation is 1. The molecule has 1 aromatic carbocycles. The molecule has 0 radical (unpaired) electrons. The van der Waals surface area contributed by atoms with Crippen LogP contribution in [0.1, 0.15) is 30.9 Å². The van der Waals surface area contributed by atoms with E-state index in [2.05, 4.69) is 13.0 Å². The third kappa shape index (κ3) is 4.41. The Morgan fingerprint density at radius 2 is 2.12 bits per heavy atom. The molecule has 0 unspecified atom stereocenters. The molecule has 0 atom stereocenters. The predicted octanol–water partition coefficient (Wildman–Crippen LogP) is 2.89. The molecule has 17 heavy (non-hydrogen) atoms. The fourth-order valence-corrected chi connectivity index (χ4v) is 1.56. The molecule has 3 heteroatoms. The fraction of sp³-hybridized carbons (Fsp3) is 0.357. The fourth-order valence-electron chi connectivity index (χ4n) is 1.56. The van der Waals surface area contributed by atoms with Crippen LogP contribution in [0.25, 0.3) is 6.08 Å². The molecule has 0 heterocycles. The lowest BCUT2D eigenvalue weighted by molar-refractivity contribution is -0.153. The lowest BCUT2D eigenvalue weighted by Gasteiger charge is -2.06. The first-order valence-electron chi connectivity index (χ1n) is 5.87. The van der Waals surface area contributed by atoms with Crippen molar-refractivity contribution < 1.29 is 10.0 Å². The summed E-state index contributed by atoms with van der Waals surface area (Å²) in [6.45, 7) is 2.16. The number of likely N-dealkylation sites (N-methyl/N-ethyl adjacent to an activating group) is 1. The Balaban J connectivity index is 2.79. The van der Waals surface area contributed by atoms with Crippen LogP contribution < -0.4 is 0 Å². The molecule has 0 aromatic heterocycles. The number of hydroxylamine groups is 2. The van der Waals surface area contributed by atoms with Gasteiger partial charge in [-0.25, -0.2) is 5.06 Å². The number of unbranched alkanes of at least 4 members (excludes halogenated alkanes) is 1. The van der Waals surface area contributed by atoms with Crippen LogP contribution in [-0.2, 0) is 11.2 Å². The zero-order chi connectivity index (χ0) is 12.7. The van der Waals surface area contributed by atoms with Crippen molar-refractivity contribution in [2.75, 3.05) is 7.05 Å². The van der Waals surface area contributed by atoms with Crippen LogP contribution >= 0.6 is 0 Å². The molecule has 3 nitrogen and oxygen atoms in total. The predicted molar refractivity (Wildman–Crippen MR) is 68.6 cm³/mol. The highest BCUT2D eigenvalue weighted by atomic mass is 16.5. The van der Waals surface area contributed by atoms with Crippen molar-refractivity contribution in [1.29, 1.82) is 0 Å². The SMILES string of the molecule is CCCCc1ccccc1C=CC(=O)N(C)O. The summed E-state index contributed by atoms with van der Waals surface area (Å²) in [4.78, 5) is 11.2. The van der Waals surface area contributed by atoms with Crippen molar-refractivity contribution in [1.82, 2.24) is 5.06 Å². The summed E-state index contributed by atoms with van der Waals surface area (Å²) >= 11 is 0. The summed E-state index contributed by atoms with van der Waals surface area (Å²) in [6.07, 6.45) is 6.43. The summed E-state index contributed by atoms with van der Waals surface area (Å²) in [5.74, 6) is -0.421. The van der Waals surface area contributed by atoms with Gasteiger partial charge in [-0.05, 0) is 30.0 Å². The first-order valence-corrected chi connectivity index (χ1v) is 5.87. The van der Waals surface area contributed by atoms with E-state index >= 15 is 0 Å². The maximum absolute atomic E-state index is 11.2. The Morgan fingerprint density at radius 1 is 1.41 bits per heavy atom. The van der Waals surface area contributed by atoms with Gasteiger partial charge >= 0.3 is 0 Å². The number of benzene rings is 1. The second kappa shape index (κ2) is 6.86. The standard InChI is InChI=1S/C14H19NO2/c1-3-4-7-12-8-5-6-9-13(12)10-11-14(16)15(2)17/h5-6,8-11,17H,3-4,7H2,1-2H3. The van der Waals surface area contributed by atoms with Gasteiger partial charge in [0.1, 0.15) is 0 Å². The topological polar surface area (TPSA) is 40.5 Å². The van der Waals surface area contributed by atoms with Gasteiger partial charge in [0, 0.05) is 13.1 Å². The second-order valence-electron chi connectivity index (χ2n) is 4.00. The molecule has 1 rings (SSSR count). The Labute approximate surface area is 102 Å². The first-order chi connectivity index (χ1) is 8.15. The first kappa shape index (κ1) is 13.5. The Hall–Kier alpha value is -1.61. The van der Waals surface area contributed by atoms with E-state index in [0.29, 0.717) is 5.06 Å². The minimum Gasteiger partial charge on any atom is -0.286 e. The zero-order valence-corrected chi connectivity index (χ0v) is 10.4. The summed E-state index contributed by atoms with van der Waals surface area (Å²) in [6, 6.07) is 8.00. The Morgan fingerprint density at radius 3 is 2.76 bits per heavy atom. The molecule has 1 amide bonds. The lowest BCUT2D eigenvalue weighted by Crippen LogP contribution is -2.19. The summed E-state index contributed by atoms with van der Waals surface area (Å²) in [5.41, 5.74) is 2.27. The van der Waals surface area contributed by atoms with Gasteiger partial charge in [0.15, 0.2) is 0 Å². The van der Waals surface area contributed by atoms with Crippen LogP contribution in [-0.4, -0.2) is 23.2 Å². The van der Waals surface area contributed by atoms with Gasteiger partial charge in [-0.15, -0.1) is 0 Å². The van der Waals surface area contributed by atoms with Gasteiger partial charge < -0.3 is 0 Å². The minimum absolute atomic E-state index is 0.421. The van der Waals surface area contributed by atoms with Crippen LogP contribution in [0.2, 0.25) is 0 Å². The van der Waals surface area contributed by atoms with E-state index in [1.165, 1.54) is 18.7 Å². The third-order valence-corrected chi connectivity index (χ3v) is 2.58. The van der Waals surface area contributed by atoms with Gasteiger partial charge in [-0.2, -0.15) is 0 Å². The number of rotatable bonds is 5. The third-order valence-electron chi connectivity index (χ3n) is 2.58. The Kier molecular flexibility index (Phi) is 5.43. The van der Waals surface area contributed by atoms with E-state index in [-0.39, 0.29) is 0 Å². The van der Waals surface area contributed by atoms with Gasteiger partial charge in [0.25, 0.3) is 5.91 Å². The van der Waals surface area contributed by atoms with Gasteiger partial charge in [0.2, 0.25) is 0 Å². The normalized spacial score (nSPS) is 10.8. The molecule has 0 aliphatic heterocycles. The summed E-state index contributed by atoms with van der Waals surface area (Å²) in [5, 5.41) is 9.52. The second-order valence-corrected chi connectivity index (χ2v) is 4.00. The molecular weight excluding hydrogens is 214 g/mol. The van der Waals surface area contributed by atoms with Gasteiger partial charge in [0.05, 0.1) is 0 Å². The van der Waals surface area contributed by atoms with Crippen molar-refractivity contribution >= 4 is 12.0 Å². The Bertz CT molecular complexity index is 397. The quantitative estimate of drug-likeness (QED) is 0.482. The number of hydrogen-bond acceptors (Lipinski definition) is 2. The number of nitrogens with zero attached hydrogens (tertiary/aromatic N) is 1. The molecule has 0 aliphatic carbocycles. The average Bonchev–Trinajstić information content (AvgIpc) is 2.34. The van der Waals surface area contributed by atoms with Crippen molar-refractivity contribution in [3.8, 4) is 0 Å². The molecular formula is C14H19NO2. The number of hydrogen-bond donors (Lipinski definition) is 1. The highest BCUT2D eigenvalue weighted by molar-refractivity contribution is 5.90.